The van der Waals surface area contributed by atoms with E-state index in [2.05, 4.69) is 22.5 Å². The van der Waals surface area contributed by atoms with E-state index in [1.54, 1.807) is 6.20 Å². The number of hydrogen-bond donors (Lipinski definition) is 2. The van der Waals surface area contributed by atoms with Gasteiger partial charge in [0.1, 0.15) is 0 Å². The molecule has 0 amide bonds. The summed E-state index contributed by atoms with van der Waals surface area (Å²) >= 11 is 11.4. The van der Waals surface area contributed by atoms with E-state index in [9.17, 15) is 0 Å². The number of halogens is 1. The highest BCUT2D eigenvalue weighted by molar-refractivity contribution is 7.80. The number of rotatable bonds is 4. The van der Waals surface area contributed by atoms with Gasteiger partial charge in [0.2, 0.25) is 0 Å². The topological polar surface area (TPSA) is 37.0 Å². The zero-order valence-electron chi connectivity index (χ0n) is 10.7. The summed E-state index contributed by atoms with van der Waals surface area (Å²) in [6.45, 7) is 3.02. The van der Waals surface area contributed by atoms with Gasteiger partial charge in [0, 0.05) is 18.1 Å². The molecule has 19 heavy (non-hydrogen) atoms. The first-order valence-electron chi connectivity index (χ1n) is 6.30. The predicted octanol–water partition coefficient (Wildman–Crippen LogP) is 3.97. The largest absolute Gasteiger partial charge is 0.362 e. The van der Waals surface area contributed by atoms with Gasteiger partial charge in [-0.15, -0.1) is 0 Å². The maximum absolute atomic E-state index is 6.15. The fraction of sp³-hybridized carbons (Fsp3) is 0.286. The molecule has 0 fully saturated rings. The van der Waals surface area contributed by atoms with E-state index in [-0.39, 0.29) is 0 Å². The number of unbranched alkanes of at least 4 members (excludes halogenated alkanes) is 1. The predicted molar refractivity (Wildman–Crippen MR) is 85.9 cm³/mol. The van der Waals surface area contributed by atoms with E-state index in [4.69, 9.17) is 23.8 Å². The molecule has 0 saturated carbocycles. The molecule has 0 aliphatic carbocycles. The van der Waals surface area contributed by atoms with Crippen LogP contribution >= 0.6 is 23.8 Å². The second kappa shape index (κ2) is 6.68. The van der Waals surface area contributed by atoms with Gasteiger partial charge < -0.3 is 10.6 Å². The molecule has 0 saturated heterocycles. The van der Waals surface area contributed by atoms with Crippen LogP contribution in [0.5, 0.6) is 0 Å². The highest BCUT2D eigenvalue weighted by Crippen LogP contribution is 2.27. The van der Waals surface area contributed by atoms with Crippen LogP contribution in [-0.2, 0) is 0 Å². The molecule has 1 aromatic heterocycles. The highest BCUT2D eigenvalue weighted by atomic mass is 35.5. The molecular weight excluding hydrogens is 278 g/mol. The zero-order valence-corrected chi connectivity index (χ0v) is 12.3. The van der Waals surface area contributed by atoms with Gasteiger partial charge in [-0.3, -0.25) is 4.98 Å². The smallest absolute Gasteiger partial charge is 0.170 e. The van der Waals surface area contributed by atoms with E-state index in [0.717, 1.165) is 36.0 Å². The van der Waals surface area contributed by atoms with E-state index < -0.39 is 0 Å². The number of benzene rings is 1. The number of fused-ring (bicyclic) bond motifs is 1. The van der Waals surface area contributed by atoms with Crippen molar-refractivity contribution in [3.8, 4) is 0 Å². The summed E-state index contributed by atoms with van der Waals surface area (Å²) in [7, 11) is 0. The van der Waals surface area contributed by atoms with Crippen LogP contribution in [0.4, 0.5) is 5.69 Å². The number of thiocarbonyl (C=S) groups is 1. The molecule has 0 bridgehead atoms. The lowest BCUT2D eigenvalue weighted by molar-refractivity contribution is 0.758. The van der Waals surface area contributed by atoms with E-state index in [1.165, 1.54) is 0 Å². The molecule has 5 heteroatoms. The molecule has 100 valence electrons. The standard InChI is InChI=1S/C14H16ClN3S/c1-2-3-8-17-14(19)18-12-7-6-11(15)10-5-4-9-16-13(10)12/h4-7,9H,2-3,8H2,1H3,(H2,17,18,19). The third kappa shape index (κ3) is 3.55. The average Bonchev–Trinajstić information content (AvgIpc) is 2.43. The molecular formula is C14H16ClN3S. The van der Waals surface area contributed by atoms with Crippen molar-refractivity contribution in [2.45, 2.75) is 19.8 Å². The Labute approximate surface area is 123 Å². The normalized spacial score (nSPS) is 10.4. The average molecular weight is 294 g/mol. The lowest BCUT2D eigenvalue weighted by Gasteiger charge is -2.12. The van der Waals surface area contributed by atoms with Crippen molar-refractivity contribution in [3.05, 3.63) is 35.5 Å². The fourth-order valence-electron chi connectivity index (χ4n) is 1.78. The monoisotopic (exact) mass is 293 g/mol. The number of nitrogens with one attached hydrogen (secondary N) is 2. The lowest BCUT2D eigenvalue weighted by Crippen LogP contribution is -2.29. The van der Waals surface area contributed by atoms with Crippen molar-refractivity contribution in [2.75, 3.05) is 11.9 Å². The summed E-state index contributed by atoms with van der Waals surface area (Å²) in [5.41, 5.74) is 1.70. The summed E-state index contributed by atoms with van der Waals surface area (Å²) in [6, 6.07) is 7.56. The number of anilines is 1. The minimum Gasteiger partial charge on any atom is -0.362 e. The summed E-state index contributed by atoms with van der Waals surface area (Å²) in [5, 5.41) is 8.57. The number of pyridine rings is 1. The van der Waals surface area contributed by atoms with Gasteiger partial charge in [0.25, 0.3) is 0 Å². The molecule has 2 rings (SSSR count). The van der Waals surface area contributed by atoms with Gasteiger partial charge in [-0.25, -0.2) is 0 Å². The van der Waals surface area contributed by atoms with Crippen LogP contribution in [0.2, 0.25) is 5.02 Å². The Morgan fingerprint density at radius 1 is 1.37 bits per heavy atom. The lowest BCUT2D eigenvalue weighted by atomic mass is 10.2. The fourth-order valence-corrected chi connectivity index (χ4v) is 2.21. The maximum atomic E-state index is 6.15. The summed E-state index contributed by atoms with van der Waals surface area (Å²) < 4.78 is 0. The maximum Gasteiger partial charge on any atom is 0.170 e. The summed E-state index contributed by atoms with van der Waals surface area (Å²) in [5.74, 6) is 0. The Balaban J connectivity index is 2.17. The van der Waals surface area contributed by atoms with Gasteiger partial charge in [-0.05, 0) is 42.9 Å². The number of hydrogen-bond acceptors (Lipinski definition) is 2. The minimum absolute atomic E-state index is 0.614. The molecule has 0 unspecified atom stereocenters. The van der Waals surface area contributed by atoms with Crippen molar-refractivity contribution in [2.24, 2.45) is 0 Å². The second-order valence-corrected chi connectivity index (χ2v) is 5.04. The Morgan fingerprint density at radius 3 is 3.00 bits per heavy atom. The van der Waals surface area contributed by atoms with Crippen molar-refractivity contribution < 1.29 is 0 Å². The summed E-state index contributed by atoms with van der Waals surface area (Å²) in [6.07, 6.45) is 3.99. The zero-order chi connectivity index (χ0) is 13.7. The van der Waals surface area contributed by atoms with Crippen LogP contribution in [0.1, 0.15) is 19.8 Å². The molecule has 0 atom stereocenters. The van der Waals surface area contributed by atoms with Crippen LogP contribution in [0.3, 0.4) is 0 Å². The first-order valence-corrected chi connectivity index (χ1v) is 7.09. The molecule has 2 aromatic rings. The number of nitrogens with zero attached hydrogens (tertiary/aromatic N) is 1. The quantitative estimate of drug-likeness (QED) is 0.660. The van der Waals surface area contributed by atoms with Gasteiger partial charge >= 0.3 is 0 Å². The van der Waals surface area contributed by atoms with Crippen molar-refractivity contribution >= 4 is 45.5 Å². The Morgan fingerprint density at radius 2 is 2.21 bits per heavy atom. The van der Waals surface area contributed by atoms with E-state index >= 15 is 0 Å². The van der Waals surface area contributed by atoms with E-state index in [1.807, 2.05) is 24.3 Å². The van der Waals surface area contributed by atoms with Crippen LogP contribution in [0.25, 0.3) is 10.9 Å². The molecule has 2 N–H and O–H groups in total. The molecule has 0 aliphatic rings. The van der Waals surface area contributed by atoms with Crippen molar-refractivity contribution in [1.29, 1.82) is 0 Å². The molecule has 1 aromatic carbocycles. The molecule has 0 aliphatic heterocycles. The van der Waals surface area contributed by atoms with Gasteiger partial charge in [0.15, 0.2) is 5.11 Å². The first-order chi connectivity index (χ1) is 9.22. The number of aromatic nitrogens is 1. The van der Waals surface area contributed by atoms with Crippen LogP contribution in [0.15, 0.2) is 30.5 Å². The van der Waals surface area contributed by atoms with E-state index in [0.29, 0.717) is 10.1 Å². The Bertz CT molecular complexity index is 586. The van der Waals surface area contributed by atoms with Gasteiger partial charge in [-0.2, -0.15) is 0 Å². The van der Waals surface area contributed by atoms with Crippen LogP contribution in [0, 0.1) is 0 Å². The minimum atomic E-state index is 0.614. The highest BCUT2D eigenvalue weighted by Gasteiger charge is 2.06. The Kier molecular flexibility index (Phi) is 4.93. The molecule has 0 spiro atoms. The van der Waals surface area contributed by atoms with Crippen molar-refractivity contribution in [3.63, 3.8) is 0 Å². The van der Waals surface area contributed by atoms with Gasteiger partial charge in [-0.1, -0.05) is 24.9 Å². The molecule has 3 nitrogen and oxygen atoms in total. The molecule has 0 radical (unpaired) electrons. The molecule has 1 heterocycles. The summed E-state index contributed by atoms with van der Waals surface area (Å²) in [4.78, 5) is 4.36. The Hall–Kier alpha value is -1.39. The third-order valence-corrected chi connectivity index (χ3v) is 3.36. The first kappa shape index (κ1) is 14.0. The van der Waals surface area contributed by atoms with Gasteiger partial charge in [0.05, 0.1) is 16.2 Å². The van der Waals surface area contributed by atoms with Crippen LogP contribution < -0.4 is 10.6 Å². The van der Waals surface area contributed by atoms with Crippen molar-refractivity contribution in [1.82, 2.24) is 10.3 Å². The SMILES string of the molecule is CCCCNC(=S)Nc1ccc(Cl)c2cccnc12. The van der Waals surface area contributed by atoms with Crippen LogP contribution in [-0.4, -0.2) is 16.6 Å². The second-order valence-electron chi connectivity index (χ2n) is 4.23. The third-order valence-electron chi connectivity index (χ3n) is 2.78.